The van der Waals surface area contributed by atoms with E-state index in [0.717, 1.165) is 18.9 Å². The van der Waals surface area contributed by atoms with Crippen molar-refractivity contribution in [2.45, 2.75) is 44.0 Å². The number of hydrogen-bond donors (Lipinski definition) is 1. The second kappa shape index (κ2) is 7.64. The molecule has 1 saturated heterocycles. The number of halogens is 3. The minimum Gasteiger partial charge on any atom is -0.381 e. The maximum absolute atomic E-state index is 12.7. The highest BCUT2D eigenvalue weighted by atomic mass is 19.4. The van der Waals surface area contributed by atoms with Crippen LogP contribution in [0, 0.1) is 0 Å². The van der Waals surface area contributed by atoms with E-state index in [1.807, 2.05) is 6.92 Å². The maximum atomic E-state index is 12.7. The lowest BCUT2D eigenvalue weighted by atomic mass is 9.93. The summed E-state index contributed by atoms with van der Waals surface area (Å²) in [7, 11) is 1.70. The molecule has 1 N–H and O–H groups in total. The normalized spacial score (nSPS) is 19.5. The fourth-order valence-electron chi connectivity index (χ4n) is 2.86. The Kier molecular flexibility index (Phi) is 6.06. The predicted molar refractivity (Wildman–Crippen MR) is 82.4 cm³/mol. The van der Waals surface area contributed by atoms with Gasteiger partial charge in [-0.25, -0.2) is 0 Å². The van der Waals surface area contributed by atoms with Gasteiger partial charge < -0.3 is 14.8 Å². The van der Waals surface area contributed by atoms with Gasteiger partial charge in [-0.2, -0.15) is 13.2 Å². The third-order valence-electron chi connectivity index (χ3n) is 4.41. The van der Waals surface area contributed by atoms with Gasteiger partial charge in [0.2, 0.25) is 0 Å². The first-order valence-corrected chi connectivity index (χ1v) is 7.87. The molecule has 0 radical (unpaired) electrons. The lowest BCUT2D eigenvalue weighted by Gasteiger charge is -2.37. The number of ether oxygens (including phenoxy) is 2. The second-order valence-electron chi connectivity index (χ2n) is 6.18. The molecule has 0 saturated carbocycles. The van der Waals surface area contributed by atoms with Crippen LogP contribution in [0.5, 0.6) is 0 Å². The summed E-state index contributed by atoms with van der Waals surface area (Å²) < 4.78 is 49.3. The summed E-state index contributed by atoms with van der Waals surface area (Å²) in [6.45, 7) is 4.00. The number of methoxy groups -OCH3 is 1. The van der Waals surface area contributed by atoms with Gasteiger partial charge in [-0.05, 0) is 25.0 Å². The molecule has 1 aliphatic heterocycles. The Morgan fingerprint density at radius 2 is 2.00 bits per heavy atom. The van der Waals surface area contributed by atoms with Crippen molar-refractivity contribution in [1.82, 2.24) is 5.32 Å². The predicted octanol–water partition coefficient (Wildman–Crippen LogP) is 3.42. The van der Waals surface area contributed by atoms with Crippen molar-refractivity contribution in [2.24, 2.45) is 0 Å². The standard InChI is InChI=1S/C17H24F3NO2/c1-13(21-12-16(22-2)6-8-23-9-7-16)10-14-4-3-5-15(11-14)17(18,19)20/h3-5,11,13,21H,6-10,12H2,1-2H3/t13-/m1/s1. The van der Waals surface area contributed by atoms with E-state index in [1.54, 1.807) is 13.2 Å². The van der Waals surface area contributed by atoms with Crippen LogP contribution in [0.25, 0.3) is 0 Å². The van der Waals surface area contributed by atoms with E-state index in [2.05, 4.69) is 5.32 Å². The Balaban J connectivity index is 1.90. The zero-order chi connectivity index (χ0) is 16.9. The van der Waals surface area contributed by atoms with Crippen LogP contribution in [0.3, 0.4) is 0 Å². The van der Waals surface area contributed by atoms with E-state index in [4.69, 9.17) is 9.47 Å². The number of rotatable bonds is 6. The smallest absolute Gasteiger partial charge is 0.381 e. The van der Waals surface area contributed by atoms with E-state index in [9.17, 15) is 13.2 Å². The molecule has 0 bridgehead atoms. The molecule has 0 spiro atoms. The van der Waals surface area contributed by atoms with Crippen LogP contribution < -0.4 is 5.32 Å². The molecule has 0 amide bonds. The van der Waals surface area contributed by atoms with E-state index >= 15 is 0 Å². The van der Waals surface area contributed by atoms with Crippen molar-refractivity contribution in [3.8, 4) is 0 Å². The third-order valence-corrected chi connectivity index (χ3v) is 4.41. The molecule has 1 aromatic carbocycles. The first kappa shape index (κ1) is 18.2. The fourth-order valence-corrected chi connectivity index (χ4v) is 2.86. The second-order valence-corrected chi connectivity index (χ2v) is 6.18. The molecular formula is C17H24F3NO2. The van der Waals surface area contributed by atoms with Crippen LogP contribution in [0.2, 0.25) is 0 Å². The van der Waals surface area contributed by atoms with Crippen molar-refractivity contribution < 1.29 is 22.6 Å². The number of nitrogens with one attached hydrogen (secondary N) is 1. The minimum atomic E-state index is -4.30. The zero-order valence-electron chi connectivity index (χ0n) is 13.6. The Morgan fingerprint density at radius 3 is 2.61 bits per heavy atom. The van der Waals surface area contributed by atoms with Crippen LogP contribution in [0.4, 0.5) is 13.2 Å². The van der Waals surface area contributed by atoms with Crippen molar-refractivity contribution >= 4 is 0 Å². The van der Waals surface area contributed by atoms with Crippen LogP contribution in [-0.2, 0) is 22.1 Å². The highest BCUT2D eigenvalue weighted by Crippen LogP contribution is 2.30. The summed E-state index contributed by atoms with van der Waals surface area (Å²) in [5, 5.41) is 3.39. The van der Waals surface area contributed by atoms with E-state index in [1.165, 1.54) is 12.1 Å². The molecule has 0 aromatic heterocycles. The summed E-state index contributed by atoms with van der Waals surface area (Å²) in [6, 6.07) is 5.57. The molecule has 2 rings (SSSR count). The van der Waals surface area contributed by atoms with Crippen LogP contribution in [0.15, 0.2) is 24.3 Å². The zero-order valence-corrected chi connectivity index (χ0v) is 13.6. The van der Waals surface area contributed by atoms with Gasteiger partial charge in [0.05, 0.1) is 11.2 Å². The Morgan fingerprint density at radius 1 is 1.30 bits per heavy atom. The molecule has 1 fully saturated rings. The molecule has 1 atom stereocenters. The Hall–Kier alpha value is -1.11. The summed E-state index contributed by atoms with van der Waals surface area (Å²) in [5.74, 6) is 0. The molecule has 23 heavy (non-hydrogen) atoms. The molecule has 0 unspecified atom stereocenters. The van der Waals surface area contributed by atoms with Gasteiger partial charge in [-0.15, -0.1) is 0 Å². The molecule has 130 valence electrons. The first-order chi connectivity index (χ1) is 10.8. The average molecular weight is 331 g/mol. The van der Waals surface area contributed by atoms with Crippen molar-refractivity contribution in [3.05, 3.63) is 35.4 Å². The Labute approximate surface area is 135 Å². The van der Waals surface area contributed by atoms with E-state index < -0.39 is 11.7 Å². The molecule has 1 aliphatic rings. The van der Waals surface area contributed by atoms with E-state index in [0.29, 0.717) is 31.7 Å². The van der Waals surface area contributed by atoms with Crippen molar-refractivity contribution in [1.29, 1.82) is 0 Å². The monoisotopic (exact) mass is 331 g/mol. The summed E-state index contributed by atoms with van der Waals surface area (Å²) in [6.07, 6.45) is -2.10. The van der Waals surface area contributed by atoms with Gasteiger partial charge >= 0.3 is 6.18 Å². The molecule has 0 aliphatic carbocycles. The fraction of sp³-hybridized carbons (Fsp3) is 0.647. The van der Waals surface area contributed by atoms with Gasteiger partial charge in [-0.3, -0.25) is 0 Å². The van der Waals surface area contributed by atoms with Crippen molar-refractivity contribution in [2.75, 3.05) is 26.9 Å². The third kappa shape index (κ3) is 5.19. The van der Waals surface area contributed by atoms with Crippen LogP contribution in [-0.4, -0.2) is 38.5 Å². The van der Waals surface area contributed by atoms with E-state index in [-0.39, 0.29) is 11.6 Å². The first-order valence-electron chi connectivity index (χ1n) is 7.87. The minimum absolute atomic E-state index is 0.0633. The highest BCUT2D eigenvalue weighted by Gasteiger charge is 2.33. The molecule has 3 nitrogen and oxygen atoms in total. The highest BCUT2D eigenvalue weighted by molar-refractivity contribution is 5.26. The summed E-state index contributed by atoms with van der Waals surface area (Å²) >= 11 is 0. The van der Waals surface area contributed by atoms with Gasteiger partial charge in [0, 0.05) is 45.8 Å². The molecule has 1 aromatic rings. The molecule has 6 heteroatoms. The molecule has 1 heterocycles. The average Bonchev–Trinajstić information content (AvgIpc) is 2.53. The number of hydrogen-bond acceptors (Lipinski definition) is 3. The van der Waals surface area contributed by atoms with Crippen LogP contribution >= 0.6 is 0 Å². The number of benzene rings is 1. The maximum Gasteiger partial charge on any atom is 0.416 e. The van der Waals surface area contributed by atoms with Gasteiger partial charge in [-0.1, -0.05) is 18.2 Å². The van der Waals surface area contributed by atoms with Gasteiger partial charge in [0.25, 0.3) is 0 Å². The lowest BCUT2D eigenvalue weighted by Crippen LogP contribution is -2.49. The lowest BCUT2D eigenvalue weighted by molar-refractivity contribution is -0.137. The summed E-state index contributed by atoms with van der Waals surface area (Å²) in [4.78, 5) is 0. The van der Waals surface area contributed by atoms with Crippen LogP contribution in [0.1, 0.15) is 30.9 Å². The summed E-state index contributed by atoms with van der Waals surface area (Å²) in [5.41, 5.74) is -0.154. The topological polar surface area (TPSA) is 30.5 Å². The molecular weight excluding hydrogens is 307 g/mol. The van der Waals surface area contributed by atoms with Crippen molar-refractivity contribution in [3.63, 3.8) is 0 Å². The largest absolute Gasteiger partial charge is 0.416 e. The Bertz CT molecular complexity index is 499. The van der Waals surface area contributed by atoms with Gasteiger partial charge in [0.15, 0.2) is 0 Å². The number of alkyl halides is 3. The SMILES string of the molecule is COC1(CN[C@H](C)Cc2cccc(C(F)(F)F)c2)CCOCC1. The quantitative estimate of drug-likeness (QED) is 0.866. The van der Waals surface area contributed by atoms with Gasteiger partial charge in [0.1, 0.15) is 0 Å².